The second-order valence-electron chi connectivity index (χ2n) is 7.32. The van der Waals surface area contributed by atoms with Gasteiger partial charge in [-0.05, 0) is 42.7 Å². The molecule has 1 saturated heterocycles. The normalized spacial score (nSPS) is 19.9. The monoisotopic (exact) mass is 385 g/mol. The Balaban J connectivity index is 1.42. The molecule has 0 amide bonds. The molecule has 1 aromatic heterocycles. The number of hydrogen-bond acceptors (Lipinski definition) is 5. The minimum atomic E-state index is -0.978. The van der Waals surface area contributed by atoms with Crippen LogP contribution in [-0.2, 0) is 17.2 Å². The third-order valence-corrected chi connectivity index (χ3v) is 6.56. The van der Waals surface area contributed by atoms with Gasteiger partial charge in [-0.25, -0.2) is 4.98 Å². The third kappa shape index (κ3) is 4.01. The predicted molar refractivity (Wildman–Crippen MR) is 109 cm³/mol. The first-order valence-corrected chi connectivity index (χ1v) is 11.2. The smallest absolute Gasteiger partial charge is 0.128 e. The van der Waals surface area contributed by atoms with Crippen molar-refractivity contribution in [1.82, 2.24) is 9.88 Å². The fraction of sp³-hybridized carbons (Fsp3) is 0.476. The lowest BCUT2D eigenvalue weighted by molar-refractivity contribution is 0.225. The van der Waals surface area contributed by atoms with Crippen molar-refractivity contribution in [3.63, 3.8) is 0 Å². The highest BCUT2D eigenvalue weighted by Gasteiger charge is 2.22. The second-order valence-corrected chi connectivity index (χ2v) is 8.70. The number of nitrogens with zero attached hydrogens (tertiary/aromatic N) is 3. The lowest BCUT2D eigenvalue weighted by atomic mass is 10.0. The van der Waals surface area contributed by atoms with Gasteiger partial charge in [0.15, 0.2) is 0 Å². The topological polar surface area (TPSA) is 45.7 Å². The molecule has 4 rings (SSSR count). The first-order chi connectivity index (χ1) is 13.1. The molecule has 2 unspecified atom stereocenters. The van der Waals surface area contributed by atoms with Crippen molar-refractivity contribution in [2.24, 2.45) is 0 Å². The summed E-state index contributed by atoms with van der Waals surface area (Å²) in [6.07, 6.45) is 5.56. The number of pyridine rings is 1. The molecule has 0 spiro atoms. The van der Waals surface area contributed by atoms with Gasteiger partial charge in [0.05, 0.1) is 22.3 Å². The molecule has 1 fully saturated rings. The third-order valence-electron chi connectivity index (χ3n) is 5.66. The molecule has 27 heavy (non-hydrogen) atoms. The number of anilines is 1. The van der Waals surface area contributed by atoms with E-state index in [9.17, 15) is 4.21 Å². The molecule has 2 aliphatic rings. The molecule has 0 N–H and O–H groups in total. The summed E-state index contributed by atoms with van der Waals surface area (Å²) in [5.74, 6) is 2.04. The van der Waals surface area contributed by atoms with Gasteiger partial charge < -0.3 is 9.64 Å². The van der Waals surface area contributed by atoms with E-state index in [0.29, 0.717) is 6.04 Å². The van der Waals surface area contributed by atoms with Gasteiger partial charge >= 0.3 is 0 Å². The summed E-state index contributed by atoms with van der Waals surface area (Å²) in [4.78, 5) is 10.2. The van der Waals surface area contributed by atoms with Crippen molar-refractivity contribution < 1.29 is 8.95 Å². The molecule has 2 aliphatic heterocycles. The minimum Gasteiger partial charge on any atom is -0.493 e. The first kappa shape index (κ1) is 18.4. The Bertz CT molecular complexity index is 825. The molecule has 1 aromatic carbocycles. The number of aromatic nitrogens is 1. The van der Waals surface area contributed by atoms with Gasteiger partial charge in [-0.15, -0.1) is 0 Å². The van der Waals surface area contributed by atoms with Crippen LogP contribution in [0.4, 0.5) is 5.82 Å². The zero-order valence-corrected chi connectivity index (χ0v) is 16.9. The van der Waals surface area contributed by atoms with Crippen molar-refractivity contribution in [2.45, 2.75) is 30.7 Å². The highest BCUT2D eigenvalue weighted by molar-refractivity contribution is 7.84. The molecule has 0 saturated carbocycles. The highest BCUT2D eigenvalue weighted by Crippen LogP contribution is 2.31. The Morgan fingerprint density at radius 1 is 1.15 bits per heavy atom. The van der Waals surface area contributed by atoms with Crippen molar-refractivity contribution in [3.8, 4) is 5.75 Å². The van der Waals surface area contributed by atoms with E-state index in [1.807, 2.05) is 12.1 Å². The summed E-state index contributed by atoms with van der Waals surface area (Å²) in [7, 11) is -0.978. The molecule has 144 valence electrons. The summed E-state index contributed by atoms with van der Waals surface area (Å²) >= 11 is 0. The van der Waals surface area contributed by atoms with Crippen LogP contribution < -0.4 is 9.64 Å². The molecule has 0 aliphatic carbocycles. The maximum Gasteiger partial charge on any atom is 0.128 e. The van der Waals surface area contributed by atoms with Crippen LogP contribution >= 0.6 is 0 Å². The highest BCUT2D eigenvalue weighted by atomic mass is 32.2. The SMILES string of the molecule is CC(c1ccc2c(c1)OCC2)N1CCCN(c2ccc(S(C)=O)cn2)CC1. The maximum absolute atomic E-state index is 11.6. The van der Waals surface area contributed by atoms with E-state index >= 15 is 0 Å². The van der Waals surface area contributed by atoms with Gasteiger partial charge in [0.25, 0.3) is 0 Å². The average Bonchev–Trinajstić information content (AvgIpc) is 3.02. The quantitative estimate of drug-likeness (QED) is 0.810. The Labute approximate surface area is 163 Å². The second kappa shape index (κ2) is 7.98. The molecular formula is C21H27N3O2S. The lowest BCUT2D eigenvalue weighted by Crippen LogP contribution is -2.32. The number of rotatable bonds is 4. The van der Waals surface area contributed by atoms with Gasteiger partial charge in [0.1, 0.15) is 11.6 Å². The van der Waals surface area contributed by atoms with Crippen LogP contribution in [0.15, 0.2) is 41.4 Å². The maximum atomic E-state index is 11.6. The Hall–Kier alpha value is -1.92. The van der Waals surface area contributed by atoms with Gasteiger partial charge in [0.2, 0.25) is 0 Å². The largest absolute Gasteiger partial charge is 0.493 e. The molecule has 5 nitrogen and oxygen atoms in total. The average molecular weight is 386 g/mol. The van der Waals surface area contributed by atoms with Crippen LogP contribution in [-0.4, -0.2) is 53.1 Å². The Morgan fingerprint density at radius 2 is 2.04 bits per heavy atom. The summed E-state index contributed by atoms with van der Waals surface area (Å²) in [6, 6.07) is 11.0. The first-order valence-electron chi connectivity index (χ1n) is 9.66. The van der Waals surface area contributed by atoms with Crippen LogP contribution in [0.5, 0.6) is 5.75 Å². The van der Waals surface area contributed by atoms with E-state index < -0.39 is 10.8 Å². The number of ether oxygens (including phenoxy) is 1. The Morgan fingerprint density at radius 3 is 2.81 bits per heavy atom. The number of fused-ring (bicyclic) bond motifs is 1. The van der Waals surface area contributed by atoms with E-state index in [1.165, 1.54) is 11.1 Å². The van der Waals surface area contributed by atoms with Crippen molar-refractivity contribution in [3.05, 3.63) is 47.7 Å². The molecule has 0 radical (unpaired) electrons. The summed E-state index contributed by atoms with van der Waals surface area (Å²) in [5, 5.41) is 0. The Kier molecular flexibility index (Phi) is 5.45. The molecule has 2 aromatic rings. The molecule has 3 heterocycles. The fourth-order valence-electron chi connectivity index (χ4n) is 3.94. The summed E-state index contributed by atoms with van der Waals surface area (Å²) in [6.45, 7) is 7.12. The van der Waals surface area contributed by atoms with Crippen LogP contribution in [0, 0.1) is 0 Å². The summed E-state index contributed by atoms with van der Waals surface area (Å²) in [5.41, 5.74) is 2.66. The van der Waals surface area contributed by atoms with Crippen LogP contribution in [0.1, 0.15) is 30.5 Å². The van der Waals surface area contributed by atoms with E-state index in [-0.39, 0.29) is 0 Å². The standard InChI is InChI=1S/C21H27N3O2S/c1-16(18-5-4-17-8-13-26-20(17)14-18)23-9-3-10-24(12-11-23)21-7-6-19(15-22-21)27(2)25/h4-7,14-16H,3,8-13H2,1-2H3. The minimum absolute atomic E-state index is 0.372. The lowest BCUT2D eigenvalue weighted by Gasteiger charge is -2.28. The van der Waals surface area contributed by atoms with Crippen LogP contribution in [0.2, 0.25) is 0 Å². The van der Waals surface area contributed by atoms with Crippen molar-refractivity contribution >= 4 is 16.6 Å². The molecule has 2 atom stereocenters. The van der Waals surface area contributed by atoms with Gasteiger partial charge in [-0.1, -0.05) is 12.1 Å². The van der Waals surface area contributed by atoms with Crippen molar-refractivity contribution in [2.75, 3.05) is 43.9 Å². The molecule has 6 heteroatoms. The van der Waals surface area contributed by atoms with Gasteiger partial charge in [0, 0.05) is 51.1 Å². The van der Waals surface area contributed by atoms with Gasteiger partial charge in [-0.2, -0.15) is 0 Å². The van der Waals surface area contributed by atoms with E-state index in [4.69, 9.17) is 4.74 Å². The number of hydrogen-bond donors (Lipinski definition) is 0. The van der Waals surface area contributed by atoms with Crippen molar-refractivity contribution in [1.29, 1.82) is 0 Å². The van der Waals surface area contributed by atoms with E-state index in [0.717, 1.165) is 62.1 Å². The van der Waals surface area contributed by atoms with E-state index in [1.54, 1.807) is 12.5 Å². The predicted octanol–water partition coefficient (Wildman–Crippen LogP) is 3.03. The zero-order valence-electron chi connectivity index (χ0n) is 16.1. The fourth-order valence-corrected chi connectivity index (χ4v) is 4.40. The zero-order chi connectivity index (χ0) is 18.8. The molecular weight excluding hydrogens is 358 g/mol. The molecule has 0 bridgehead atoms. The van der Waals surface area contributed by atoms with E-state index in [2.05, 4.69) is 39.9 Å². The van der Waals surface area contributed by atoms with Crippen LogP contribution in [0.3, 0.4) is 0 Å². The van der Waals surface area contributed by atoms with Gasteiger partial charge in [-0.3, -0.25) is 9.11 Å². The number of benzene rings is 1. The van der Waals surface area contributed by atoms with Crippen LogP contribution in [0.25, 0.3) is 0 Å². The summed E-state index contributed by atoms with van der Waals surface area (Å²) < 4.78 is 17.3.